The maximum Gasteiger partial charge on any atom is 0.358 e. The first-order chi connectivity index (χ1) is 9.33. The van der Waals surface area contributed by atoms with E-state index in [0.29, 0.717) is 5.56 Å². The number of halogens is 2. The average Bonchev–Trinajstić information content (AvgIpc) is 2.81. The smallest absolute Gasteiger partial charge is 0.358 e. The zero-order valence-electron chi connectivity index (χ0n) is 11.7. The van der Waals surface area contributed by atoms with Crippen molar-refractivity contribution in [3.8, 4) is 0 Å². The molecule has 2 rings (SSSR count). The number of methoxy groups -OCH3 is 1. The van der Waals surface area contributed by atoms with Crippen LogP contribution in [0.15, 0.2) is 6.20 Å². The fourth-order valence-corrected chi connectivity index (χ4v) is 2.80. The molecule has 0 spiro atoms. The average molecular weight is 287 g/mol. The minimum Gasteiger partial charge on any atom is -0.464 e. The van der Waals surface area contributed by atoms with E-state index in [1.54, 1.807) is 13.2 Å². The van der Waals surface area contributed by atoms with E-state index in [-0.39, 0.29) is 37.9 Å². The number of aromatic nitrogens is 2. The largest absolute Gasteiger partial charge is 0.464 e. The lowest BCUT2D eigenvalue weighted by Gasteiger charge is -2.39. The number of esters is 1. The quantitative estimate of drug-likeness (QED) is 0.857. The molecule has 0 saturated heterocycles. The van der Waals surface area contributed by atoms with Crippen LogP contribution < -0.4 is 5.73 Å². The number of nitrogens with zero attached hydrogens (tertiary/aromatic N) is 2. The number of ether oxygens (including phenoxy) is 1. The highest BCUT2D eigenvalue weighted by Gasteiger charge is 2.46. The fourth-order valence-electron chi connectivity index (χ4n) is 2.80. The molecule has 20 heavy (non-hydrogen) atoms. The van der Waals surface area contributed by atoms with Gasteiger partial charge in [0.25, 0.3) is 0 Å². The topological polar surface area (TPSA) is 70.1 Å². The third-order valence-electron chi connectivity index (χ3n) is 4.11. The maximum atomic E-state index is 13.4. The van der Waals surface area contributed by atoms with E-state index in [2.05, 4.69) is 5.10 Å². The number of rotatable bonds is 3. The molecule has 0 aromatic carbocycles. The van der Waals surface area contributed by atoms with Crippen molar-refractivity contribution >= 4 is 5.97 Å². The molecule has 1 aromatic rings. The molecule has 0 amide bonds. The fraction of sp³-hybridized carbons (Fsp3) is 0.692. The molecule has 7 heteroatoms. The van der Waals surface area contributed by atoms with E-state index in [9.17, 15) is 13.6 Å². The van der Waals surface area contributed by atoms with Crippen LogP contribution >= 0.6 is 0 Å². The van der Waals surface area contributed by atoms with E-state index >= 15 is 0 Å². The minimum atomic E-state index is -2.65. The van der Waals surface area contributed by atoms with Gasteiger partial charge >= 0.3 is 5.97 Å². The van der Waals surface area contributed by atoms with Gasteiger partial charge in [-0.25, -0.2) is 13.6 Å². The van der Waals surface area contributed by atoms with Crippen LogP contribution in [0.1, 0.15) is 41.7 Å². The molecular weight excluding hydrogens is 268 g/mol. The predicted octanol–water partition coefficient (Wildman–Crippen LogP) is 1.61. The summed E-state index contributed by atoms with van der Waals surface area (Å²) >= 11 is 0. The standard InChI is InChI=1S/C13H19F2N3O2/c1-18-7-9(10(17-18)11(19)20-2)12(8-16)3-5-13(14,15)6-4-12/h7H,3-6,8,16H2,1-2H3. The zero-order valence-corrected chi connectivity index (χ0v) is 11.7. The Balaban J connectivity index is 2.40. The van der Waals surface area contributed by atoms with Crippen molar-refractivity contribution in [2.24, 2.45) is 12.8 Å². The summed E-state index contributed by atoms with van der Waals surface area (Å²) in [6.07, 6.45) is 1.72. The van der Waals surface area contributed by atoms with E-state index < -0.39 is 17.3 Å². The van der Waals surface area contributed by atoms with Gasteiger partial charge in [0.15, 0.2) is 5.69 Å². The van der Waals surface area contributed by atoms with Crippen LogP contribution in [-0.4, -0.2) is 35.3 Å². The summed E-state index contributed by atoms with van der Waals surface area (Å²) in [7, 11) is 2.95. The van der Waals surface area contributed by atoms with E-state index in [1.165, 1.54) is 11.8 Å². The summed E-state index contributed by atoms with van der Waals surface area (Å²) in [5, 5.41) is 4.08. The normalized spacial score (nSPS) is 20.6. The van der Waals surface area contributed by atoms with Gasteiger partial charge in [0.1, 0.15) is 0 Å². The van der Waals surface area contributed by atoms with Crippen molar-refractivity contribution in [1.29, 1.82) is 0 Å². The Bertz CT molecular complexity index is 504. The molecule has 1 aromatic heterocycles. The molecule has 2 N–H and O–H groups in total. The van der Waals surface area contributed by atoms with Gasteiger partial charge in [-0.3, -0.25) is 4.68 Å². The second-order valence-corrected chi connectivity index (χ2v) is 5.40. The van der Waals surface area contributed by atoms with Crippen LogP contribution in [0.2, 0.25) is 0 Å². The van der Waals surface area contributed by atoms with E-state index in [4.69, 9.17) is 10.5 Å². The number of alkyl halides is 2. The van der Waals surface area contributed by atoms with Crippen LogP contribution in [0.3, 0.4) is 0 Å². The van der Waals surface area contributed by atoms with Crippen molar-refractivity contribution < 1.29 is 18.3 Å². The molecule has 1 aliphatic rings. The van der Waals surface area contributed by atoms with Crippen LogP contribution in [0.5, 0.6) is 0 Å². The van der Waals surface area contributed by atoms with Crippen molar-refractivity contribution in [2.75, 3.05) is 13.7 Å². The van der Waals surface area contributed by atoms with Gasteiger partial charge in [-0.2, -0.15) is 5.10 Å². The summed E-state index contributed by atoms with van der Waals surface area (Å²) in [5.74, 6) is -3.21. The lowest BCUT2D eigenvalue weighted by Crippen LogP contribution is -2.42. The van der Waals surface area contributed by atoms with Crippen molar-refractivity contribution in [1.82, 2.24) is 9.78 Å². The van der Waals surface area contributed by atoms with Gasteiger partial charge < -0.3 is 10.5 Å². The third-order valence-corrected chi connectivity index (χ3v) is 4.11. The minimum absolute atomic E-state index is 0.172. The molecular formula is C13H19F2N3O2. The maximum absolute atomic E-state index is 13.4. The highest BCUT2D eigenvalue weighted by atomic mass is 19.3. The molecule has 0 unspecified atom stereocenters. The number of hydrogen-bond donors (Lipinski definition) is 1. The number of nitrogens with two attached hydrogens (primary N) is 1. The summed E-state index contributed by atoms with van der Waals surface area (Å²) in [6.45, 7) is 0.207. The molecule has 0 aliphatic heterocycles. The number of carbonyl (C=O) groups is 1. The summed E-state index contributed by atoms with van der Waals surface area (Å²) in [6, 6.07) is 0. The van der Waals surface area contributed by atoms with Gasteiger partial charge in [0, 0.05) is 43.6 Å². The Morgan fingerprint density at radius 1 is 1.45 bits per heavy atom. The molecule has 0 bridgehead atoms. The first kappa shape index (κ1) is 14.9. The van der Waals surface area contributed by atoms with Gasteiger partial charge in [0.05, 0.1) is 7.11 Å². The first-order valence-electron chi connectivity index (χ1n) is 6.54. The number of hydrogen-bond acceptors (Lipinski definition) is 4. The third kappa shape index (κ3) is 2.54. The molecule has 0 radical (unpaired) electrons. The molecule has 0 atom stereocenters. The summed E-state index contributed by atoms with van der Waals surface area (Å²) < 4.78 is 33.0. The Kier molecular flexibility index (Phi) is 3.82. The van der Waals surface area contributed by atoms with Crippen LogP contribution in [-0.2, 0) is 17.2 Å². The van der Waals surface area contributed by atoms with Crippen molar-refractivity contribution in [2.45, 2.75) is 37.0 Å². The Labute approximate surface area is 116 Å². The second-order valence-electron chi connectivity index (χ2n) is 5.40. The monoisotopic (exact) mass is 287 g/mol. The Morgan fingerprint density at radius 3 is 2.55 bits per heavy atom. The predicted molar refractivity (Wildman–Crippen MR) is 68.7 cm³/mol. The number of aryl methyl sites for hydroxylation is 1. The van der Waals surface area contributed by atoms with Gasteiger partial charge in [-0.05, 0) is 12.8 Å². The van der Waals surface area contributed by atoms with Gasteiger partial charge in [0.2, 0.25) is 5.92 Å². The molecule has 1 fully saturated rings. The van der Waals surface area contributed by atoms with E-state index in [1.807, 2.05) is 0 Å². The molecule has 1 saturated carbocycles. The lowest BCUT2D eigenvalue weighted by molar-refractivity contribution is -0.0510. The Morgan fingerprint density at radius 2 is 2.05 bits per heavy atom. The second kappa shape index (κ2) is 5.12. The number of carbonyl (C=O) groups excluding carboxylic acids is 1. The van der Waals surface area contributed by atoms with Crippen LogP contribution in [0.25, 0.3) is 0 Å². The zero-order chi connectivity index (χ0) is 15.0. The van der Waals surface area contributed by atoms with Gasteiger partial charge in [-0.1, -0.05) is 0 Å². The Hall–Kier alpha value is -1.50. The highest BCUT2D eigenvalue weighted by molar-refractivity contribution is 5.89. The summed E-state index contributed by atoms with van der Waals surface area (Å²) in [5.41, 5.74) is 6.01. The molecule has 1 heterocycles. The van der Waals surface area contributed by atoms with Gasteiger partial charge in [-0.15, -0.1) is 0 Å². The first-order valence-corrected chi connectivity index (χ1v) is 6.54. The van der Waals surface area contributed by atoms with Crippen LogP contribution in [0, 0.1) is 0 Å². The van der Waals surface area contributed by atoms with Crippen molar-refractivity contribution in [3.63, 3.8) is 0 Å². The van der Waals surface area contributed by atoms with Crippen LogP contribution in [0.4, 0.5) is 8.78 Å². The highest BCUT2D eigenvalue weighted by Crippen LogP contribution is 2.45. The van der Waals surface area contributed by atoms with E-state index in [0.717, 1.165) is 0 Å². The summed E-state index contributed by atoms with van der Waals surface area (Å²) in [4.78, 5) is 11.8. The SMILES string of the molecule is COC(=O)c1nn(C)cc1C1(CN)CCC(F)(F)CC1. The lowest BCUT2D eigenvalue weighted by atomic mass is 9.68. The molecule has 112 valence electrons. The molecule has 5 nitrogen and oxygen atoms in total. The van der Waals surface area contributed by atoms with Crippen molar-refractivity contribution in [3.05, 3.63) is 17.5 Å². The molecule has 1 aliphatic carbocycles.